The molecule has 13 nitrogen and oxygen atoms in total. The maximum Gasteiger partial charge on any atom is 0.305 e. The molecule has 14 heteroatoms. The molecule has 0 bridgehead atoms. The van der Waals surface area contributed by atoms with Crippen LogP contribution < -0.4 is 11.1 Å². The van der Waals surface area contributed by atoms with Crippen LogP contribution in [0.1, 0.15) is 76.7 Å². The molecule has 46 heavy (non-hydrogen) atoms. The molecule has 2 aliphatic heterocycles. The van der Waals surface area contributed by atoms with Crippen LogP contribution in [0, 0.1) is 11.3 Å². The van der Waals surface area contributed by atoms with Gasteiger partial charge in [0.25, 0.3) is 0 Å². The first-order valence-corrected chi connectivity index (χ1v) is 18.1. The Morgan fingerprint density at radius 3 is 2.37 bits per heavy atom. The Balaban J connectivity index is 1.57. The van der Waals surface area contributed by atoms with Crippen LogP contribution in [0.2, 0.25) is 0 Å². The van der Waals surface area contributed by atoms with E-state index in [0.717, 1.165) is 31.1 Å². The van der Waals surface area contributed by atoms with Crippen molar-refractivity contribution >= 4 is 39.7 Å². The van der Waals surface area contributed by atoms with Crippen molar-refractivity contribution in [3.8, 4) is 0 Å². The molecule has 2 fully saturated rings. The lowest BCUT2D eigenvalue weighted by Gasteiger charge is -2.38. The second-order valence-electron chi connectivity index (χ2n) is 12.2. The van der Waals surface area contributed by atoms with Gasteiger partial charge in [0.1, 0.15) is 12.1 Å². The van der Waals surface area contributed by atoms with Gasteiger partial charge in [0, 0.05) is 39.0 Å². The fourth-order valence-corrected chi connectivity index (χ4v) is 7.15. The topological polar surface area (TPSA) is 183 Å². The number of ether oxygens (including phenoxy) is 1. The monoisotopic (exact) mass is 662 g/mol. The van der Waals surface area contributed by atoms with E-state index in [1.807, 2.05) is 30.3 Å². The summed E-state index contributed by atoms with van der Waals surface area (Å²) in [6, 6.07) is 7.39. The Hall–Kier alpha value is -3.52. The summed E-state index contributed by atoms with van der Waals surface area (Å²) >= 11 is 0. The summed E-state index contributed by atoms with van der Waals surface area (Å²) in [4.78, 5) is 53.3. The zero-order valence-corrected chi connectivity index (χ0v) is 27.9. The van der Waals surface area contributed by atoms with Gasteiger partial charge in [-0.15, -0.1) is 0 Å². The lowest BCUT2D eigenvalue weighted by molar-refractivity contribution is -0.144. The smallest absolute Gasteiger partial charge is 0.305 e. The number of sulfonamides is 1. The molecule has 2 atom stereocenters. The number of nitrogens with zero attached hydrogens (tertiary/aromatic N) is 3. The van der Waals surface area contributed by atoms with E-state index in [1.54, 1.807) is 4.90 Å². The first-order valence-electron chi connectivity index (χ1n) is 16.3. The number of nitrogens with two attached hydrogens (primary N) is 1. The standard InChI is InChI=1S/C32H50N6O7S/c1-3-4-6-15-29(40)45-21-10-14-28(39)35-32(34)36-19-16-25(17-20-36)23-38(46(2,43)44)27(22-24-11-7-5-8-12-24)31(42)37-18-9-13-26(37)30(33)41/h5,7-8,11-12,25-27H,3-4,6,9-10,13-23H2,1-2H3,(H2,33,41)(H2,34,35,39)/t26-,27+/m0/s1. The largest absolute Gasteiger partial charge is 0.466 e. The average Bonchev–Trinajstić information content (AvgIpc) is 3.52. The van der Waals surface area contributed by atoms with Crippen LogP contribution in [0.5, 0.6) is 0 Å². The lowest BCUT2D eigenvalue weighted by Crippen LogP contribution is -2.56. The van der Waals surface area contributed by atoms with Crippen LogP contribution in [0.4, 0.5) is 0 Å². The Bertz CT molecular complexity index is 1300. The number of primary amides is 1. The molecule has 0 unspecified atom stereocenters. The second-order valence-corrected chi connectivity index (χ2v) is 14.2. The summed E-state index contributed by atoms with van der Waals surface area (Å²) in [5.74, 6) is -1.74. The van der Waals surface area contributed by atoms with Gasteiger partial charge in [-0.25, -0.2) is 8.42 Å². The van der Waals surface area contributed by atoms with Crippen molar-refractivity contribution in [2.24, 2.45) is 11.7 Å². The van der Waals surface area contributed by atoms with Gasteiger partial charge in [-0.05, 0) is 56.4 Å². The van der Waals surface area contributed by atoms with E-state index in [-0.39, 0.29) is 49.7 Å². The van der Waals surface area contributed by atoms with Crippen LogP contribution in [0.25, 0.3) is 0 Å². The number of nitrogens with one attached hydrogen (secondary N) is 2. The fourth-order valence-electron chi connectivity index (χ4n) is 6.04. The summed E-state index contributed by atoms with van der Waals surface area (Å²) in [6.45, 7) is 3.53. The number of benzene rings is 1. The van der Waals surface area contributed by atoms with Crippen LogP contribution in [-0.4, -0.2) is 103 Å². The van der Waals surface area contributed by atoms with Crippen molar-refractivity contribution in [2.75, 3.05) is 39.0 Å². The van der Waals surface area contributed by atoms with Crippen molar-refractivity contribution < 1.29 is 32.3 Å². The van der Waals surface area contributed by atoms with Crippen molar-refractivity contribution in [3.05, 3.63) is 35.9 Å². The van der Waals surface area contributed by atoms with Gasteiger partial charge in [-0.1, -0.05) is 50.1 Å². The van der Waals surface area contributed by atoms with Crippen molar-refractivity contribution in [3.63, 3.8) is 0 Å². The van der Waals surface area contributed by atoms with Gasteiger partial charge in [-0.3, -0.25) is 29.9 Å². The number of likely N-dealkylation sites (tertiary alicyclic amines) is 2. The van der Waals surface area contributed by atoms with Crippen molar-refractivity contribution in [2.45, 2.75) is 89.6 Å². The number of esters is 1. The molecule has 1 aromatic rings. The highest BCUT2D eigenvalue weighted by atomic mass is 32.2. The highest BCUT2D eigenvalue weighted by Gasteiger charge is 2.41. The maximum absolute atomic E-state index is 13.9. The molecule has 0 aromatic heterocycles. The van der Waals surface area contributed by atoms with Crippen molar-refractivity contribution in [1.29, 1.82) is 5.41 Å². The molecule has 3 amide bonds. The Morgan fingerprint density at radius 2 is 1.74 bits per heavy atom. The first-order chi connectivity index (χ1) is 21.9. The molecular weight excluding hydrogens is 612 g/mol. The Morgan fingerprint density at radius 1 is 1.04 bits per heavy atom. The van der Waals surface area contributed by atoms with E-state index in [4.69, 9.17) is 15.9 Å². The molecule has 2 saturated heterocycles. The number of rotatable bonds is 16. The molecule has 0 radical (unpaired) electrons. The van der Waals surface area contributed by atoms with E-state index in [1.165, 1.54) is 9.21 Å². The van der Waals surface area contributed by atoms with Crippen molar-refractivity contribution in [1.82, 2.24) is 19.4 Å². The molecular formula is C32H50N6O7S. The Kier molecular flexibility index (Phi) is 14.4. The molecule has 0 spiro atoms. The molecule has 2 heterocycles. The van der Waals surface area contributed by atoms with Crippen LogP contribution in [-0.2, 0) is 40.4 Å². The third-order valence-corrected chi connectivity index (χ3v) is 9.87. The van der Waals surface area contributed by atoms with E-state index in [0.29, 0.717) is 58.2 Å². The van der Waals surface area contributed by atoms with Crippen LogP contribution in [0.3, 0.4) is 0 Å². The molecule has 2 aliphatic rings. The number of amides is 3. The molecule has 1 aromatic carbocycles. The number of hydrogen-bond donors (Lipinski definition) is 3. The van der Waals surface area contributed by atoms with Gasteiger partial charge >= 0.3 is 5.97 Å². The minimum atomic E-state index is -3.84. The third-order valence-electron chi connectivity index (χ3n) is 8.62. The molecule has 4 N–H and O–H groups in total. The number of guanidine groups is 1. The maximum atomic E-state index is 13.9. The number of hydrogen-bond acceptors (Lipinski definition) is 8. The minimum Gasteiger partial charge on any atom is -0.466 e. The second kappa shape index (κ2) is 18.0. The molecule has 0 aliphatic carbocycles. The first kappa shape index (κ1) is 36.9. The summed E-state index contributed by atoms with van der Waals surface area (Å²) in [5.41, 5.74) is 6.39. The molecule has 0 saturated carbocycles. The summed E-state index contributed by atoms with van der Waals surface area (Å²) < 4.78 is 32.9. The summed E-state index contributed by atoms with van der Waals surface area (Å²) in [6.07, 6.45) is 7.07. The quantitative estimate of drug-likeness (QED) is 0.104. The number of unbranched alkanes of at least 4 members (excludes halogenated alkanes) is 2. The SMILES string of the molecule is CCCCCC(=O)OCCCC(=O)NC(=N)N1CCC(CN([C@H](Cc2ccccc2)C(=O)N2CCC[C@H]2C(N)=O)S(C)(=O)=O)CC1. The van der Waals surface area contributed by atoms with E-state index < -0.39 is 33.9 Å². The summed E-state index contributed by atoms with van der Waals surface area (Å²) in [5, 5.41) is 11.0. The zero-order valence-electron chi connectivity index (χ0n) is 27.1. The number of piperidine rings is 1. The van der Waals surface area contributed by atoms with Crippen LogP contribution >= 0.6 is 0 Å². The molecule has 3 rings (SSSR count). The number of carbonyl (C=O) groups is 4. The zero-order chi connectivity index (χ0) is 33.7. The predicted molar refractivity (Wildman–Crippen MR) is 174 cm³/mol. The minimum absolute atomic E-state index is 0.0244. The van der Waals surface area contributed by atoms with E-state index >= 15 is 0 Å². The van der Waals surface area contributed by atoms with Gasteiger partial charge in [0.05, 0.1) is 12.9 Å². The van der Waals surface area contributed by atoms with Gasteiger partial charge in [-0.2, -0.15) is 4.31 Å². The summed E-state index contributed by atoms with van der Waals surface area (Å²) in [7, 11) is -3.84. The van der Waals surface area contributed by atoms with Gasteiger partial charge in [0.15, 0.2) is 5.96 Å². The average molecular weight is 663 g/mol. The lowest BCUT2D eigenvalue weighted by atomic mass is 9.95. The number of carbonyl (C=O) groups excluding carboxylic acids is 4. The Labute approximate surface area is 272 Å². The highest BCUT2D eigenvalue weighted by Crippen LogP contribution is 2.26. The van der Waals surface area contributed by atoms with Gasteiger partial charge < -0.3 is 20.3 Å². The molecule has 256 valence electrons. The van der Waals surface area contributed by atoms with E-state index in [9.17, 15) is 27.6 Å². The van der Waals surface area contributed by atoms with Crippen LogP contribution in [0.15, 0.2) is 30.3 Å². The third kappa shape index (κ3) is 11.4. The van der Waals surface area contributed by atoms with E-state index in [2.05, 4.69) is 12.2 Å². The van der Waals surface area contributed by atoms with Gasteiger partial charge in [0.2, 0.25) is 27.7 Å². The highest BCUT2D eigenvalue weighted by molar-refractivity contribution is 7.88. The fraction of sp³-hybridized carbons (Fsp3) is 0.656. The normalized spacial score (nSPS) is 17.9. The predicted octanol–water partition coefficient (Wildman–Crippen LogP) is 2.00.